The molecular formula is C15H15ClN6O2. The van der Waals surface area contributed by atoms with Gasteiger partial charge in [-0.3, -0.25) is 15.6 Å². The van der Waals surface area contributed by atoms with Crippen LogP contribution in [0.1, 0.15) is 12.5 Å². The fourth-order valence-corrected chi connectivity index (χ4v) is 2.30. The number of rotatable bonds is 5. The number of aromatic nitrogens is 4. The Labute approximate surface area is 142 Å². The Balaban J connectivity index is 1.63. The third-order valence-electron chi connectivity index (χ3n) is 3.34. The molecule has 0 saturated heterocycles. The molecule has 0 bridgehead atoms. The number of fused-ring (bicyclic) bond motifs is 1. The van der Waals surface area contributed by atoms with Gasteiger partial charge in [0.25, 0.3) is 5.91 Å². The first-order chi connectivity index (χ1) is 11.5. The Kier molecular flexibility index (Phi) is 4.48. The van der Waals surface area contributed by atoms with Gasteiger partial charge in [-0.2, -0.15) is 0 Å². The van der Waals surface area contributed by atoms with Crippen molar-refractivity contribution in [2.24, 2.45) is 0 Å². The summed E-state index contributed by atoms with van der Waals surface area (Å²) in [6.45, 7) is 3.51. The monoisotopic (exact) mass is 346 g/mol. The molecule has 0 radical (unpaired) electrons. The molecule has 3 N–H and O–H groups in total. The summed E-state index contributed by atoms with van der Waals surface area (Å²) in [7, 11) is 0. The average molecular weight is 347 g/mol. The van der Waals surface area contributed by atoms with Gasteiger partial charge in [0.05, 0.1) is 6.33 Å². The van der Waals surface area contributed by atoms with Gasteiger partial charge in [-0.1, -0.05) is 11.6 Å². The SMILES string of the molecule is Cc1cc(Cl)ccc1OC(C)C(=O)NNc1ncnc2nc[nH]c12. The molecule has 3 aromatic rings. The zero-order valence-electron chi connectivity index (χ0n) is 13.0. The summed E-state index contributed by atoms with van der Waals surface area (Å²) >= 11 is 5.91. The van der Waals surface area contributed by atoms with E-state index in [-0.39, 0.29) is 5.91 Å². The predicted molar refractivity (Wildman–Crippen MR) is 89.7 cm³/mol. The molecule has 1 atom stereocenters. The van der Waals surface area contributed by atoms with E-state index in [0.717, 1.165) is 5.56 Å². The third kappa shape index (κ3) is 3.38. The van der Waals surface area contributed by atoms with E-state index in [1.165, 1.54) is 12.7 Å². The number of hydrogen-bond acceptors (Lipinski definition) is 6. The highest BCUT2D eigenvalue weighted by atomic mass is 35.5. The van der Waals surface area contributed by atoms with Crippen molar-refractivity contribution in [3.63, 3.8) is 0 Å². The van der Waals surface area contributed by atoms with Crippen molar-refractivity contribution in [1.29, 1.82) is 0 Å². The van der Waals surface area contributed by atoms with E-state index >= 15 is 0 Å². The molecule has 3 rings (SSSR count). The topological polar surface area (TPSA) is 105 Å². The van der Waals surface area contributed by atoms with Gasteiger partial charge in [0.2, 0.25) is 0 Å². The lowest BCUT2D eigenvalue weighted by atomic mass is 10.2. The fraction of sp³-hybridized carbons (Fsp3) is 0.200. The second kappa shape index (κ2) is 6.71. The van der Waals surface area contributed by atoms with E-state index in [0.29, 0.717) is 27.8 Å². The van der Waals surface area contributed by atoms with Gasteiger partial charge in [-0.25, -0.2) is 15.0 Å². The lowest BCUT2D eigenvalue weighted by Gasteiger charge is -2.17. The summed E-state index contributed by atoms with van der Waals surface area (Å²) < 4.78 is 5.66. The first-order valence-electron chi connectivity index (χ1n) is 7.17. The number of amides is 1. The maximum atomic E-state index is 12.2. The standard InChI is InChI=1S/C15H15ClN6O2/c1-8-5-10(16)3-4-11(8)24-9(2)15(23)22-21-14-12-13(18-6-17-12)19-7-20-14/h3-7,9H,1-2H3,(H,22,23)(H2,17,18,19,20,21). The highest BCUT2D eigenvalue weighted by Gasteiger charge is 2.16. The minimum Gasteiger partial charge on any atom is -0.481 e. The van der Waals surface area contributed by atoms with Crippen molar-refractivity contribution in [2.75, 3.05) is 5.43 Å². The number of hydrogen-bond donors (Lipinski definition) is 3. The second-order valence-corrected chi connectivity index (χ2v) is 5.54. The molecule has 0 aliphatic carbocycles. The third-order valence-corrected chi connectivity index (χ3v) is 3.57. The highest BCUT2D eigenvalue weighted by Crippen LogP contribution is 2.22. The van der Waals surface area contributed by atoms with E-state index in [1.54, 1.807) is 25.1 Å². The van der Waals surface area contributed by atoms with Crippen LogP contribution in [0.25, 0.3) is 11.2 Å². The number of hydrazine groups is 1. The van der Waals surface area contributed by atoms with E-state index in [9.17, 15) is 4.79 Å². The van der Waals surface area contributed by atoms with Crippen molar-refractivity contribution < 1.29 is 9.53 Å². The van der Waals surface area contributed by atoms with Crippen LogP contribution in [-0.2, 0) is 4.79 Å². The molecule has 0 fully saturated rings. The number of halogens is 1. The molecule has 1 amide bonds. The molecule has 1 aromatic carbocycles. The van der Waals surface area contributed by atoms with Crippen molar-refractivity contribution >= 4 is 34.5 Å². The van der Waals surface area contributed by atoms with E-state index in [2.05, 4.69) is 30.8 Å². The molecule has 0 saturated carbocycles. The number of carbonyl (C=O) groups is 1. The summed E-state index contributed by atoms with van der Waals surface area (Å²) in [5.41, 5.74) is 7.25. The Morgan fingerprint density at radius 1 is 1.33 bits per heavy atom. The number of anilines is 1. The summed E-state index contributed by atoms with van der Waals surface area (Å²) in [6.07, 6.45) is 2.15. The number of imidazole rings is 1. The van der Waals surface area contributed by atoms with Gasteiger partial charge < -0.3 is 9.72 Å². The van der Waals surface area contributed by atoms with E-state index in [4.69, 9.17) is 16.3 Å². The number of H-pyrrole nitrogens is 1. The van der Waals surface area contributed by atoms with Gasteiger partial charge in [0.1, 0.15) is 17.6 Å². The Bertz CT molecular complexity index is 881. The number of carbonyl (C=O) groups excluding carboxylic acids is 1. The number of nitrogens with zero attached hydrogens (tertiary/aromatic N) is 3. The Morgan fingerprint density at radius 2 is 2.17 bits per heavy atom. The summed E-state index contributed by atoms with van der Waals surface area (Å²) in [5.74, 6) is 0.663. The molecular weight excluding hydrogens is 332 g/mol. The molecule has 1 unspecified atom stereocenters. The zero-order chi connectivity index (χ0) is 17.1. The van der Waals surface area contributed by atoms with Crippen LogP contribution < -0.4 is 15.6 Å². The Morgan fingerprint density at radius 3 is 2.96 bits per heavy atom. The van der Waals surface area contributed by atoms with Crippen molar-refractivity contribution in [1.82, 2.24) is 25.4 Å². The van der Waals surface area contributed by atoms with Crippen molar-refractivity contribution in [3.8, 4) is 5.75 Å². The summed E-state index contributed by atoms with van der Waals surface area (Å²) in [6, 6.07) is 5.21. The van der Waals surface area contributed by atoms with Crippen LogP contribution in [0.5, 0.6) is 5.75 Å². The molecule has 2 heterocycles. The van der Waals surface area contributed by atoms with Gasteiger partial charge in [0.15, 0.2) is 17.6 Å². The maximum absolute atomic E-state index is 12.2. The highest BCUT2D eigenvalue weighted by molar-refractivity contribution is 6.30. The van der Waals surface area contributed by atoms with Crippen LogP contribution in [-0.4, -0.2) is 31.9 Å². The van der Waals surface area contributed by atoms with Gasteiger partial charge in [-0.05, 0) is 37.6 Å². The zero-order valence-corrected chi connectivity index (χ0v) is 13.8. The van der Waals surface area contributed by atoms with Crippen molar-refractivity contribution in [3.05, 3.63) is 41.4 Å². The molecule has 0 aliphatic rings. The smallest absolute Gasteiger partial charge is 0.279 e. The normalized spacial score (nSPS) is 12.0. The lowest BCUT2D eigenvalue weighted by molar-refractivity contribution is -0.126. The summed E-state index contributed by atoms with van der Waals surface area (Å²) in [4.78, 5) is 27.1. The van der Waals surface area contributed by atoms with Crippen LogP contribution in [0.4, 0.5) is 5.82 Å². The predicted octanol–water partition coefficient (Wildman–Crippen LogP) is 2.23. The van der Waals surface area contributed by atoms with Crippen molar-refractivity contribution in [2.45, 2.75) is 20.0 Å². The fourth-order valence-electron chi connectivity index (χ4n) is 2.07. The largest absolute Gasteiger partial charge is 0.481 e. The number of nitrogens with one attached hydrogen (secondary N) is 3. The molecule has 9 heteroatoms. The van der Waals surface area contributed by atoms with Crippen LogP contribution in [0.15, 0.2) is 30.9 Å². The van der Waals surface area contributed by atoms with Crippen LogP contribution in [0.2, 0.25) is 5.02 Å². The quantitative estimate of drug-likeness (QED) is 0.612. The number of aryl methyl sites for hydroxylation is 1. The minimum absolute atomic E-state index is 0.351. The first kappa shape index (κ1) is 16.0. The minimum atomic E-state index is -0.712. The van der Waals surface area contributed by atoms with Gasteiger partial charge in [0, 0.05) is 5.02 Å². The Hall–Kier alpha value is -2.87. The molecule has 8 nitrogen and oxygen atoms in total. The average Bonchev–Trinajstić information content (AvgIpc) is 3.04. The van der Waals surface area contributed by atoms with Crippen LogP contribution >= 0.6 is 11.6 Å². The molecule has 24 heavy (non-hydrogen) atoms. The number of aromatic amines is 1. The van der Waals surface area contributed by atoms with Crippen LogP contribution in [0, 0.1) is 6.92 Å². The van der Waals surface area contributed by atoms with Crippen LogP contribution in [0.3, 0.4) is 0 Å². The lowest BCUT2D eigenvalue weighted by Crippen LogP contribution is -2.40. The molecule has 0 spiro atoms. The van der Waals surface area contributed by atoms with Gasteiger partial charge >= 0.3 is 0 Å². The molecule has 0 aliphatic heterocycles. The second-order valence-electron chi connectivity index (χ2n) is 5.11. The number of benzene rings is 1. The first-order valence-corrected chi connectivity index (χ1v) is 7.55. The number of ether oxygens (including phenoxy) is 1. The summed E-state index contributed by atoms with van der Waals surface area (Å²) in [5, 5.41) is 0.617. The maximum Gasteiger partial charge on any atom is 0.279 e. The molecule has 124 valence electrons. The van der Waals surface area contributed by atoms with E-state index in [1.807, 2.05) is 6.92 Å². The van der Waals surface area contributed by atoms with E-state index < -0.39 is 6.10 Å². The molecule has 2 aromatic heterocycles. The van der Waals surface area contributed by atoms with Gasteiger partial charge in [-0.15, -0.1) is 0 Å².